The van der Waals surface area contributed by atoms with Crippen LogP contribution in [0.4, 0.5) is 4.79 Å². The molecular weight excluding hydrogens is 330 g/mol. The number of carbonyl (C=O) groups is 1. The number of hydrogen-bond donors (Lipinski definition) is 0. The lowest BCUT2D eigenvalue weighted by Gasteiger charge is -2.30. The van der Waals surface area contributed by atoms with Gasteiger partial charge >= 0.3 is 6.03 Å². The van der Waals surface area contributed by atoms with Gasteiger partial charge in [-0.1, -0.05) is 25.7 Å². The highest BCUT2D eigenvalue weighted by Gasteiger charge is 2.31. The Bertz CT molecular complexity index is 675. The van der Waals surface area contributed by atoms with Crippen molar-refractivity contribution >= 4 is 16.1 Å². The van der Waals surface area contributed by atoms with Crippen LogP contribution in [-0.4, -0.2) is 64.6 Å². The Morgan fingerprint density at radius 1 is 1.12 bits per heavy atom. The SMILES string of the molecule is CN(C(=O)n1cnc(S(=O)(=O)N2CCCCC2)n1)C1CCCCC1. The third-order valence-electron chi connectivity index (χ3n) is 4.98. The van der Waals surface area contributed by atoms with Gasteiger partial charge in [0.15, 0.2) is 0 Å². The van der Waals surface area contributed by atoms with E-state index in [9.17, 15) is 13.2 Å². The first-order chi connectivity index (χ1) is 11.5. The fourth-order valence-electron chi connectivity index (χ4n) is 3.47. The van der Waals surface area contributed by atoms with Crippen LogP contribution in [-0.2, 0) is 10.0 Å². The third-order valence-corrected chi connectivity index (χ3v) is 6.67. The van der Waals surface area contributed by atoms with Crippen molar-refractivity contribution in [1.29, 1.82) is 0 Å². The summed E-state index contributed by atoms with van der Waals surface area (Å²) in [6, 6.07) is -0.132. The lowest BCUT2D eigenvalue weighted by atomic mass is 9.95. The van der Waals surface area contributed by atoms with Gasteiger partial charge in [0.1, 0.15) is 6.33 Å². The number of nitrogens with zero attached hydrogens (tertiary/aromatic N) is 5. The van der Waals surface area contributed by atoms with Gasteiger partial charge in [-0.3, -0.25) is 0 Å². The van der Waals surface area contributed by atoms with Crippen molar-refractivity contribution in [3.8, 4) is 0 Å². The van der Waals surface area contributed by atoms with Gasteiger partial charge in [0.25, 0.3) is 15.2 Å². The second-order valence-corrected chi connectivity index (χ2v) is 8.45. The predicted molar refractivity (Wildman–Crippen MR) is 88.1 cm³/mol. The van der Waals surface area contributed by atoms with E-state index in [1.54, 1.807) is 11.9 Å². The van der Waals surface area contributed by atoms with Crippen molar-refractivity contribution in [2.24, 2.45) is 0 Å². The summed E-state index contributed by atoms with van der Waals surface area (Å²) in [6.07, 6.45) is 9.36. The predicted octanol–water partition coefficient (Wildman–Crippen LogP) is 1.69. The molecule has 1 aliphatic carbocycles. The molecular formula is C15H25N5O3S. The summed E-state index contributed by atoms with van der Waals surface area (Å²) in [7, 11) is -1.96. The number of sulfonamides is 1. The number of carbonyl (C=O) groups excluding carboxylic acids is 1. The van der Waals surface area contributed by atoms with E-state index in [-0.39, 0.29) is 17.2 Å². The molecule has 0 atom stereocenters. The van der Waals surface area contributed by atoms with Crippen LogP contribution in [0.2, 0.25) is 0 Å². The molecule has 2 aliphatic rings. The summed E-state index contributed by atoms with van der Waals surface area (Å²) < 4.78 is 27.6. The molecule has 0 bridgehead atoms. The van der Waals surface area contributed by atoms with Crippen molar-refractivity contribution in [1.82, 2.24) is 24.0 Å². The summed E-state index contributed by atoms with van der Waals surface area (Å²) in [4.78, 5) is 18.1. The zero-order chi connectivity index (χ0) is 17.2. The number of amides is 1. The van der Waals surface area contributed by atoms with E-state index >= 15 is 0 Å². The van der Waals surface area contributed by atoms with Crippen molar-refractivity contribution < 1.29 is 13.2 Å². The van der Waals surface area contributed by atoms with Gasteiger partial charge in [0.05, 0.1) is 0 Å². The highest BCUT2D eigenvalue weighted by molar-refractivity contribution is 7.88. The Kier molecular flexibility index (Phi) is 5.19. The minimum atomic E-state index is -3.71. The number of hydrogen-bond acceptors (Lipinski definition) is 5. The number of rotatable bonds is 3. The zero-order valence-corrected chi connectivity index (χ0v) is 14.9. The standard InChI is InChI=1S/C15H25N5O3S/c1-18(13-8-4-2-5-9-13)15(21)20-12-16-14(17-20)24(22,23)19-10-6-3-7-11-19/h12-13H,2-11H2,1H3. The molecule has 2 heterocycles. The van der Waals surface area contributed by atoms with Crippen LogP contribution in [0.15, 0.2) is 11.5 Å². The van der Waals surface area contributed by atoms with Crippen LogP contribution in [0.25, 0.3) is 0 Å². The van der Waals surface area contributed by atoms with Crippen molar-refractivity contribution in [2.45, 2.75) is 62.6 Å². The van der Waals surface area contributed by atoms with Crippen molar-refractivity contribution in [2.75, 3.05) is 20.1 Å². The maximum absolute atomic E-state index is 12.6. The molecule has 3 rings (SSSR count). The lowest BCUT2D eigenvalue weighted by Crippen LogP contribution is -2.41. The molecule has 2 fully saturated rings. The molecule has 1 aromatic heterocycles. The van der Waals surface area contributed by atoms with Gasteiger partial charge in [-0.2, -0.15) is 8.99 Å². The van der Waals surface area contributed by atoms with Crippen LogP contribution >= 0.6 is 0 Å². The van der Waals surface area contributed by atoms with Crippen molar-refractivity contribution in [3.63, 3.8) is 0 Å². The van der Waals surface area contributed by atoms with Gasteiger partial charge in [-0.15, -0.1) is 5.10 Å². The van der Waals surface area contributed by atoms with E-state index in [0.717, 1.165) is 49.6 Å². The molecule has 1 aliphatic heterocycles. The first-order valence-corrected chi connectivity index (χ1v) is 10.1. The highest BCUT2D eigenvalue weighted by atomic mass is 32.2. The Morgan fingerprint density at radius 3 is 2.42 bits per heavy atom. The summed E-state index contributed by atoms with van der Waals surface area (Å²) in [6.45, 7) is 0.986. The fraction of sp³-hybridized carbons (Fsp3) is 0.800. The topological polar surface area (TPSA) is 88.4 Å². The van der Waals surface area contributed by atoms with Crippen LogP contribution in [0.5, 0.6) is 0 Å². The second-order valence-electron chi connectivity index (χ2n) is 6.62. The fourth-order valence-corrected chi connectivity index (χ4v) is 4.81. The minimum absolute atomic E-state index is 0.192. The van der Waals surface area contributed by atoms with Crippen LogP contribution in [0.1, 0.15) is 51.4 Å². The molecule has 0 N–H and O–H groups in total. The highest BCUT2D eigenvalue weighted by Crippen LogP contribution is 2.22. The van der Waals surface area contributed by atoms with Crippen molar-refractivity contribution in [3.05, 3.63) is 6.33 Å². The monoisotopic (exact) mass is 355 g/mol. The molecule has 0 unspecified atom stereocenters. The number of piperidine rings is 1. The first-order valence-electron chi connectivity index (χ1n) is 8.69. The first kappa shape index (κ1) is 17.3. The van der Waals surface area contributed by atoms with Gasteiger partial charge < -0.3 is 4.90 Å². The summed E-state index contributed by atoms with van der Waals surface area (Å²) in [5.74, 6) is 0. The van der Waals surface area contributed by atoms with E-state index < -0.39 is 10.0 Å². The Hall–Kier alpha value is -1.48. The second kappa shape index (κ2) is 7.18. The molecule has 8 nitrogen and oxygen atoms in total. The summed E-state index contributed by atoms with van der Waals surface area (Å²) in [5.41, 5.74) is 0. The molecule has 24 heavy (non-hydrogen) atoms. The van der Waals surface area contributed by atoms with Gasteiger partial charge in [-0.25, -0.2) is 18.2 Å². The average molecular weight is 355 g/mol. The van der Waals surface area contributed by atoms with Crippen LogP contribution in [0.3, 0.4) is 0 Å². The minimum Gasteiger partial charge on any atom is -0.323 e. The molecule has 1 saturated heterocycles. The maximum atomic E-state index is 12.6. The molecule has 9 heteroatoms. The van der Waals surface area contributed by atoms with E-state index in [2.05, 4.69) is 10.1 Å². The Labute approximate surface area is 142 Å². The van der Waals surface area contributed by atoms with Gasteiger partial charge in [0.2, 0.25) is 0 Å². The van der Waals surface area contributed by atoms with E-state index in [1.165, 1.54) is 17.1 Å². The molecule has 0 radical (unpaired) electrons. The van der Waals surface area contributed by atoms with Crippen LogP contribution < -0.4 is 0 Å². The zero-order valence-electron chi connectivity index (χ0n) is 14.1. The largest absolute Gasteiger partial charge is 0.346 e. The lowest BCUT2D eigenvalue weighted by molar-refractivity contribution is 0.172. The quantitative estimate of drug-likeness (QED) is 0.823. The van der Waals surface area contributed by atoms with E-state index in [4.69, 9.17) is 0 Å². The van der Waals surface area contributed by atoms with E-state index in [0.29, 0.717) is 13.1 Å². The van der Waals surface area contributed by atoms with Crippen LogP contribution in [0, 0.1) is 0 Å². The molecule has 134 valence electrons. The molecule has 1 amide bonds. The normalized spacial score (nSPS) is 20.9. The smallest absolute Gasteiger partial charge is 0.323 e. The van der Waals surface area contributed by atoms with Gasteiger partial charge in [0, 0.05) is 26.2 Å². The summed E-state index contributed by atoms with van der Waals surface area (Å²) >= 11 is 0. The molecule has 0 spiro atoms. The molecule has 1 aromatic rings. The van der Waals surface area contributed by atoms with Gasteiger partial charge in [-0.05, 0) is 25.7 Å². The Balaban J connectivity index is 1.73. The maximum Gasteiger partial charge on any atom is 0.346 e. The summed E-state index contributed by atoms with van der Waals surface area (Å²) in [5, 5.41) is 3.68. The van der Waals surface area contributed by atoms with E-state index in [1.807, 2.05) is 0 Å². The molecule has 0 aromatic carbocycles. The number of aromatic nitrogens is 3. The Morgan fingerprint density at radius 2 is 1.75 bits per heavy atom. The average Bonchev–Trinajstić information content (AvgIpc) is 3.13. The third kappa shape index (κ3) is 3.46. The molecule has 1 saturated carbocycles.